The van der Waals surface area contributed by atoms with Gasteiger partial charge >= 0.3 is 11.9 Å². The van der Waals surface area contributed by atoms with E-state index in [4.69, 9.17) is 10.2 Å². The van der Waals surface area contributed by atoms with Crippen LogP contribution in [0, 0.1) is 5.92 Å². The standard InChI is InChI=1S/C12H11N.C4H6O4/c1-3-7-11(8-4-1)13-12-9-5-2-6-10-12;1-2(3(5)6)4(7)8/h1-10,13H;2H,1H3,(H,5,6)(H,7,8). The van der Waals surface area contributed by atoms with Gasteiger partial charge in [-0.05, 0) is 31.2 Å². The monoisotopic (exact) mass is 287 g/mol. The van der Waals surface area contributed by atoms with E-state index in [1.54, 1.807) is 0 Å². The Morgan fingerprint density at radius 1 is 0.810 bits per heavy atom. The van der Waals surface area contributed by atoms with Gasteiger partial charge < -0.3 is 15.5 Å². The van der Waals surface area contributed by atoms with Crippen molar-refractivity contribution < 1.29 is 19.8 Å². The Kier molecular flexibility index (Phi) is 6.47. The molecule has 2 aromatic carbocycles. The van der Waals surface area contributed by atoms with Crippen LogP contribution < -0.4 is 5.32 Å². The molecule has 3 N–H and O–H groups in total. The summed E-state index contributed by atoms with van der Waals surface area (Å²) in [6.45, 7) is 1.12. The molecule has 2 rings (SSSR count). The van der Waals surface area contributed by atoms with E-state index in [0.717, 1.165) is 18.3 Å². The Morgan fingerprint density at radius 3 is 1.38 bits per heavy atom. The molecule has 0 aliphatic rings. The minimum Gasteiger partial charge on any atom is -0.481 e. The van der Waals surface area contributed by atoms with Crippen LogP contribution in [-0.4, -0.2) is 22.2 Å². The van der Waals surface area contributed by atoms with Crippen molar-refractivity contribution in [3.63, 3.8) is 0 Å². The number of benzene rings is 2. The summed E-state index contributed by atoms with van der Waals surface area (Å²) >= 11 is 0. The van der Waals surface area contributed by atoms with Gasteiger partial charge in [0.2, 0.25) is 0 Å². The highest BCUT2D eigenvalue weighted by atomic mass is 16.4. The van der Waals surface area contributed by atoms with E-state index in [9.17, 15) is 9.59 Å². The number of nitrogens with one attached hydrogen (secondary N) is 1. The summed E-state index contributed by atoms with van der Waals surface area (Å²) in [5.74, 6) is -3.91. The van der Waals surface area contributed by atoms with Crippen molar-refractivity contribution in [2.45, 2.75) is 6.92 Å². The Morgan fingerprint density at radius 2 is 1.14 bits per heavy atom. The van der Waals surface area contributed by atoms with Gasteiger partial charge in [0.1, 0.15) is 0 Å². The Hall–Kier alpha value is -2.82. The van der Waals surface area contributed by atoms with E-state index < -0.39 is 17.9 Å². The normalized spacial score (nSPS) is 9.43. The summed E-state index contributed by atoms with van der Waals surface area (Å²) in [6.07, 6.45) is 0. The van der Waals surface area contributed by atoms with Crippen molar-refractivity contribution in [1.82, 2.24) is 0 Å². The molecule has 0 spiro atoms. The van der Waals surface area contributed by atoms with Gasteiger partial charge in [0.15, 0.2) is 5.92 Å². The maximum Gasteiger partial charge on any atom is 0.317 e. The highest BCUT2D eigenvalue weighted by molar-refractivity contribution is 5.92. The lowest BCUT2D eigenvalue weighted by atomic mass is 10.2. The molecule has 0 fully saturated rings. The molecule has 0 heterocycles. The SMILES string of the molecule is CC(C(=O)O)C(=O)O.c1ccc(Nc2ccccc2)cc1. The third-order valence-electron chi connectivity index (χ3n) is 2.58. The van der Waals surface area contributed by atoms with Crippen LogP contribution in [0.15, 0.2) is 60.7 Å². The fourth-order valence-electron chi connectivity index (χ4n) is 1.32. The van der Waals surface area contributed by atoms with Crippen LogP contribution in [-0.2, 0) is 9.59 Å². The highest BCUT2D eigenvalue weighted by Gasteiger charge is 2.18. The second kappa shape index (κ2) is 8.37. The van der Waals surface area contributed by atoms with Crippen molar-refractivity contribution >= 4 is 23.3 Å². The van der Waals surface area contributed by atoms with Crippen molar-refractivity contribution in [2.24, 2.45) is 5.92 Å². The quantitative estimate of drug-likeness (QED) is 0.752. The zero-order chi connectivity index (χ0) is 15.7. The van der Waals surface area contributed by atoms with Crippen LogP contribution in [0.3, 0.4) is 0 Å². The lowest BCUT2D eigenvalue weighted by molar-refractivity contribution is -0.153. The van der Waals surface area contributed by atoms with Crippen molar-refractivity contribution in [3.05, 3.63) is 60.7 Å². The van der Waals surface area contributed by atoms with E-state index in [-0.39, 0.29) is 0 Å². The van der Waals surface area contributed by atoms with Crippen molar-refractivity contribution in [1.29, 1.82) is 0 Å². The molecular weight excluding hydrogens is 270 g/mol. The molecular formula is C16H17NO4. The molecule has 110 valence electrons. The first-order valence-electron chi connectivity index (χ1n) is 6.33. The lowest BCUT2D eigenvalue weighted by Crippen LogP contribution is -2.19. The number of para-hydroxylation sites is 2. The fourth-order valence-corrected chi connectivity index (χ4v) is 1.32. The third-order valence-corrected chi connectivity index (χ3v) is 2.58. The minimum atomic E-state index is -1.31. The average molecular weight is 287 g/mol. The molecule has 0 unspecified atom stereocenters. The summed E-state index contributed by atoms with van der Waals surface area (Å²) in [5, 5.41) is 19.2. The number of rotatable bonds is 4. The molecule has 5 heteroatoms. The summed E-state index contributed by atoms with van der Waals surface area (Å²) in [6, 6.07) is 20.3. The number of carbonyl (C=O) groups is 2. The molecule has 21 heavy (non-hydrogen) atoms. The van der Waals surface area contributed by atoms with E-state index >= 15 is 0 Å². The zero-order valence-electron chi connectivity index (χ0n) is 11.6. The molecule has 0 saturated heterocycles. The van der Waals surface area contributed by atoms with E-state index in [1.165, 1.54) is 0 Å². The second-order valence-corrected chi connectivity index (χ2v) is 4.26. The average Bonchev–Trinajstić information content (AvgIpc) is 2.49. The first-order valence-corrected chi connectivity index (χ1v) is 6.33. The number of carboxylic acids is 2. The maximum atomic E-state index is 9.76. The molecule has 0 atom stereocenters. The lowest BCUT2D eigenvalue weighted by Gasteiger charge is -2.04. The summed E-state index contributed by atoms with van der Waals surface area (Å²) in [5.41, 5.74) is 2.24. The van der Waals surface area contributed by atoms with E-state index in [0.29, 0.717) is 0 Å². The summed E-state index contributed by atoms with van der Waals surface area (Å²) in [7, 11) is 0. The fraction of sp³-hybridized carbons (Fsp3) is 0.125. The number of anilines is 2. The molecule has 2 aromatic rings. The smallest absolute Gasteiger partial charge is 0.317 e. The van der Waals surface area contributed by atoms with Crippen LogP contribution in [0.5, 0.6) is 0 Å². The number of hydrogen-bond acceptors (Lipinski definition) is 3. The first kappa shape index (κ1) is 16.2. The topological polar surface area (TPSA) is 86.6 Å². The molecule has 0 aliphatic heterocycles. The third kappa shape index (κ3) is 6.24. The zero-order valence-corrected chi connectivity index (χ0v) is 11.6. The highest BCUT2D eigenvalue weighted by Crippen LogP contribution is 2.14. The van der Waals surface area contributed by atoms with Gasteiger partial charge in [0, 0.05) is 11.4 Å². The van der Waals surface area contributed by atoms with Crippen LogP contribution in [0.4, 0.5) is 11.4 Å². The van der Waals surface area contributed by atoms with Gasteiger partial charge in [-0.3, -0.25) is 9.59 Å². The molecule has 0 amide bonds. The van der Waals surface area contributed by atoms with Crippen LogP contribution in [0.2, 0.25) is 0 Å². The molecule has 0 aromatic heterocycles. The van der Waals surface area contributed by atoms with Crippen LogP contribution >= 0.6 is 0 Å². The predicted molar refractivity (Wildman–Crippen MR) is 80.6 cm³/mol. The number of carboxylic acid groups (broad SMARTS) is 2. The van der Waals surface area contributed by atoms with E-state index in [2.05, 4.69) is 5.32 Å². The van der Waals surface area contributed by atoms with Gasteiger partial charge in [0.05, 0.1) is 0 Å². The Labute approximate surface area is 122 Å². The van der Waals surface area contributed by atoms with Gasteiger partial charge in [-0.15, -0.1) is 0 Å². The molecule has 0 saturated carbocycles. The van der Waals surface area contributed by atoms with Gasteiger partial charge in [-0.2, -0.15) is 0 Å². The summed E-state index contributed by atoms with van der Waals surface area (Å²) in [4.78, 5) is 19.5. The van der Waals surface area contributed by atoms with Gasteiger partial charge in [-0.1, -0.05) is 36.4 Å². The molecule has 0 bridgehead atoms. The Bertz CT molecular complexity index is 518. The largest absolute Gasteiger partial charge is 0.481 e. The van der Waals surface area contributed by atoms with Gasteiger partial charge in [-0.25, -0.2) is 0 Å². The first-order chi connectivity index (χ1) is 10.0. The van der Waals surface area contributed by atoms with E-state index in [1.807, 2.05) is 60.7 Å². The van der Waals surface area contributed by atoms with Crippen LogP contribution in [0.25, 0.3) is 0 Å². The van der Waals surface area contributed by atoms with Gasteiger partial charge in [0.25, 0.3) is 0 Å². The maximum absolute atomic E-state index is 9.76. The predicted octanol–water partition coefficient (Wildman–Crippen LogP) is 3.22. The molecule has 5 nitrogen and oxygen atoms in total. The van der Waals surface area contributed by atoms with Crippen LogP contribution in [0.1, 0.15) is 6.92 Å². The number of hydrogen-bond donors (Lipinski definition) is 3. The van der Waals surface area contributed by atoms with Crippen molar-refractivity contribution in [2.75, 3.05) is 5.32 Å². The Balaban J connectivity index is 0.000000240. The van der Waals surface area contributed by atoms with Crippen molar-refractivity contribution in [3.8, 4) is 0 Å². The second-order valence-electron chi connectivity index (χ2n) is 4.26. The minimum absolute atomic E-state index is 1.12. The molecule has 0 radical (unpaired) electrons. The number of aliphatic carboxylic acids is 2. The summed E-state index contributed by atoms with van der Waals surface area (Å²) < 4.78 is 0. The molecule has 0 aliphatic carbocycles.